The van der Waals surface area contributed by atoms with E-state index in [1.165, 1.54) is 0 Å². The summed E-state index contributed by atoms with van der Waals surface area (Å²) in [4.78, 5) is 0. The average molecular weight is 300 g/mol. The van der Waals surface area contributed by atoms with Crippen molar-refractivity contribution < 1.29 is 13.2 Å². The van der Waals surface area contributed by atoms with E-state index in [4.69, 9.17) is 4.74 Å². The van der Waals surface area contributed by atoms with Crippen LogP contribution < -0.4 is 4.72 Å². The molecule has 0 aliphatic carbocycles. The molecule has 1 aliphatic rings. The Morgan fingerprint density at radius 1 is 1.27 bits per heavy atom. The number of halogens is 1. The Kier molecular flexibility index (Phi) is 6.11. The molecule has 0 aromatic carbocycles. The lowest BCUT2D eigenvalue weighted by molar-refractivity contribution is 0.0981. The van der Waals surface area contributed by atoms with Gasteiger partial charge in [-0.3, -0.25) is 0 Å². The van der Waals surface area contributed by atoms with Gasteiger partial charge in [0.2, 0.25) is 10.0 Å². The minimum Gasteiger partial charge on any atom is -0.381 e. The number of hydrogen-bond acceptors (Lipinski definition) is 3. The topological polar surface area (TPSA) is 55.4 Å². The smallest absolute Gasteiger partial charge is 0.214 e. The van der Waals surface area contributed by atoms with Gasteiger partial charge in [-0.25, -0.2) is 13.1 Å². The highest BCUT2D eigenvalue weighted by Crippen LogP contribution is 2.14. The summed E-state index contributed by atoms with van der Waals surface area (Å²) in [6, 6.07) is 0. The molecule has 0 aromatic rings. The molecule has 1 heterocycles. The van der Waals surface area contributed by atoms with E-state index >= 15 is 0 Å². The van der Waals surface area contributed by atoms with Crippen molar-refractivity contribution in [3.05, 3.63) is 0 Å². The zero-order chi connectivity index (χ0) is 11.1. The molecule has 0 radical (unpaired) electrons. The molecule has 0 amide bonds. The lowest BCUT2D eigenvalue weighted by Gasteiger charge is -2.22. The van der Waals surface area contributed by atoms with E-state index in [1.54, 1.807) is 0 Å². The Balaban J connectivity index is 2.30. The third kappa shape index (κ3) is 4.80. The number of hydrogen-bond donors (Lipinski definition) is 1. The third-order valence-corrected chi connectivity index (χ3v) is 4.99. The molecule has 15 heavy (non-hydrogen) atoms. The molecule has 6 heteroatoms. The molecular weight excluding hydrogens is 282 g/mol. The summed E-state index contributed by atoms with van der Waals surface area (Å²) in [6.45, 7) is 1.67. The average Bonchev–Trinajstić information content (AvgIpc) is 2.26. The van der Waals surface area contributed by atoms with E-state index < -0.39 is 10.0 Å². The highest BCUT2D eigenvalue weighted by molar-refractivity contribution is 9.09. The molecule has 0 saturated carbocycles. The maximum Gasteiger partial charge on any atom is 0.214 e. The zero-order valence-electron chi connectivity index (χ0n) is 8.75. The summed E-state index contributed by atoms with van der Waals surface area (Å²) in [6.07, 6.45) is 3.12. The summed E-state index contributed by atoms with van der Waals surface area (Å²) >= 11 is 3.31. The number of rotatable bonds is 6. The first-order valence-electron chi connectivity index (χ1n) is 5.29. The SMILES string of the molecule is O=S(=O)(NCCCCBr)C1CCOCC1. The van der Waals surface area contributed by atoms with Crippen LogP contribution in [0, 0.1) is 0 Å². The highest BCUT2D eigenvalue weighted by Gasteiger charge is 2.26. The van der Waals surface area contributed by atoms with Crippen molar-refractivity contribution in [3.63, 3.8) is 0 Å². The zero-order valence-corrected chi connectivity index (χ0v) is 11.1. The number of sulfonamides is 1. The van der Waals surface area contributed by atoms with Crippen LogP contribution in [-0.4, -0.2) is 38.8 Å². The second kappa shape index (κ2) is 6.83. The number of unbranched alkanes of at least 4 members (excludes halogenated alkanes) is 1. The summed E-state index contributed by atoms with van der Waals surface area (Å²) in [5.41, 5.74) is 0. The Morgan fingerprint density at radius 3 is 2.53 bits per heavy atom. The Hall–Kier alpha value is 0.350. The molecule has 4 nitrogen and oxygen atoms in total. The monoisotopic (exact) mass is 299 g/mol. The van der Waals surface area contributed by atoms with Gasteiger partial charge in [-0.1, -0.05) is 15.9 Å². The third-order valence-electron chi connectivity index (χ3n) is 2.47. The van der Waals surface area contributed by atoms with Crippen LogP contribution in [0.3, 0.4) is 0 Å². The van der Waals surface area contributed by atoms with Crippen LogP contribution in [0.4, 0.5) is 0 Å². The first-order valence-corrected chi connectivity index (χ1v) is 7.96. The summed E-state index contributed by atoms with van der Waals surface area (Å²) in [7, 11) is -3.11. The molecule has 1 N–H and O–H groups in total. The van der Waals surface area contributed by atoms with Gasteiger partial charge in [0.15, 0.2) is 0 Å². The van der Waals surface area contributed by atoms with Gasteiger partial charge in [0, 0.05) is 25.1 Å². The van der Waals surface area contributed by atoms with Gasteiger partial charge in [0.05, 0.1) is 5.25 Å². The van der Waals surface area contributed by atoms with Crippen LogP contribution >= 0.6 is 15.9 Å². The molecule has 0 spiro atoms. The maximum absolute atomic E-state index is 11.8. The predicted octanol–water partition coefficient (Wildman–Crippen LogP) is 1.26. The highest BCUT2D eigenvalue weighted by atomic mass is 79.9. The molecule has 90 valence electrons. The minimum absolute atomic E-state index is 0.254. The quantitative estimate of drug-likeness (QED) is 0.593. The molecule has 1 rings (SSSR count). The number of ether oxygens (including phenoxy) is 1. The molecule has 1 saturated heterocycles. The molecule has 1 aliphatic heterocycles. The fourth-order valence-corrected chi connectivity index (χ4v) is 3.41. The van der Waals surface area contributed by atoms with Gasteiger partial charge in [-0.05, 0) is 25.7 Å². The van der Waals surface area contributed by atoms with Crippen molar-refractivity contribution in [1.82, 2.24) is 4.72 Å². The Bertz CT molecular complexity index is 263. The lowest BCUT2D eigenvalue weighted by Crippen LogP contribution is -2.38. The summed E-state index contributed by atoms with van der Waals surface area (Å²) < 4.78 is 31.3. The van der Waals surface area contributed by atoms with Gasteiger partial charge in [-0.15, -0.1) is 0 Å². The lowest BCUT2D eigenvalue weighted by atomic mass is 10.2. The van der Waals surface area contributed by atoms with Crippen molar-refractivity contribution in [2.75, 3.05) is 25.1 Å². The Labute approximate surface area is 99.9 Å². The van der Waals surface area contributed by atoms with Crippen molar-refractivity contribution >= 4 is 26.0 Å². The van der Waals surface area contributed by atoms with Crippen molar-refractivity contribution in [2.24, 2.45) is 0 Å². The minimum atomic E-state index is -3.11. The van der Waals surface area contributed by atoms with E-state index in [0.29, 0.717) is 32.6 Å². The van der Waals surface area contributed by atoms with E-state index in [0.717, 1.165) is 18.2 Å². The van der Waals surface area contributed by atoms with Crippen molar-refractivity contribution in [3.8, 4) is 0 Å². The Morgan fingerprint density at radius 2 is 1.93 bits per heavy atom. The van der Waals surface area contributed by atoms with Crippen LogP contribution in [0.2, 0.25) is 0 Å². The predicted molar refractivity (Wildman–Crippen MR) is 63.8 cm³/mol. The van der Waals surface area contributed by atoms with E-state index in [9.17, 15) is 8.42 Å². The van der Waals surface area contributed by atoms with Gasteiger partial charge >= 0.3 is 0 Å². The molecule has 0 aromatic heterocycles. The van der Waals surface area contributed by atoms with Crippen LogP contribution in [0.1, 0.15) is 25.7 Å². The van der Waals surface area contributed by atoms with Crippen molar-refractivity contribution in [2.45, 2.75) is 30.9 Å². The molecule has 0 unspecified atom stereocenters. The molecule has 0 atom stereocenters. The second-order valence-electron chi connectivity index (χ2n) is 3.65. The molecule has 1 fully saturated rings. The van der Waals surface area contributed by atoms with Crippen LogP contribution in [0.25, 0.3) is 0 Å². The second-order valence-corrected chi connectivity index (χ2v) is 6.49. The van der Waals surface area contributed by atoms with Crippen LogP contribution in [0.5, 0.6) is 0 Å². The molecular formula is C9H18BrNO3S. The van der Waals surface area contributed by atoms with E-state index in [2.05, 4.69) is 20.7 Å². The largest absolute Gasteiger partial charge is 0.381 e. The first-order chi connectivity index (χ1) is 7.17. The first kappa shape index (κ1) is 13.4. The maximum atomic E-state index is 11.8. The van der Waals surface area contributed by atoms with Crippen LogP contribution in [0.15, 0.2) is 0 Å². The van der Waals surface area contributed by atoms with Gasteiger partial charge < -0.3 is 4.74 Å². The van der Waals surface area contributed by atoms with Gasteiger partial charge in [0.25, 0.3) is 0 Å². The summed E-state index contributed by atoms with van der Waals surface area (Å²) in [5, 5.41) is 0.668. The number of alkyl halides is 1. The van der Waals surface area contributed by atoms with Crippen LogP contribution in [-0.2, 0) is 14.8 Å². The van der Waals surface area contributed by atoms with Gasteiger partial charge in [0.1, 0.15) is 0 Å². The normalized spacial score (nSPS) is 19.3. The fourth-order valence-electron chi connectivity index (χ4n) is 1.54. The molecule has 0 bridgehead atoms. The summed E-state index contributed by atoms with van der Waals surface area (Å²) in [5.74, 6) is 0. The van der Waals surface area contributed by atoms with Crippen molar-refractivity contribution in [1.29, 1.82) is 0 Å². The number of nitrogens with one attached hydrogen (secondary N) is 1. The van der Waals surface area contributed by atoms with E-state index in [1.807, 2.05) is 0 Å². The standard InChI is InChI=1S/C9H18BrNO3S/c10-5-1-2-6-11-15(12,13)9-3-7-14-8-4-9/h9,11H,1-8H2. The van der Waals surface area contributed by atoms with Gasteiger partial charge in [-0.2, -0.15) is 0 Å². The fraction of sp³-hybridized carbons (Fsp3) is 1.00. The van der Waals surface area contributed by atoms with E-state index in [-0.39, 0.29) is 5.25 Å².